The lowest BCUT2D eigenvalue weighted by Crippen LogP contribution is -2.33. The second-order valence-corrected chi connectivity index (χ2v) is 5.63. The quantitative estimate of drug-likeness (QED) is 0.819. The third-order valence-corrected chi connectivity index (χ3v) is 4.26. The summed E-state index contributed by atoms with van der Waals surface area (Å²) >= 11 is 11.9. The van der Waals surface area contributed by atoms with E-state index in [0.29, 0.717) is 21.7 Å². The first-order chi connectivity index (χ1) is 8.15. The molecule has 0 N–H and O–H groups in total. The molecule has 0 spiro atoms. The van der Waals surface area contributed by atoms with Crippen molar-refractivity contribution in [2.24, 2.45) is 11.8 Å². The molecule has 0 amide bonds. The van der Waals surface area contributed by atoms with Crippen LogP contribution in [0, 0.1) is 11.8 Å². The zero-order valence-electron chi connectivity index (χ0n) is 9.16. The molecule has 0 saturated heterocycles. The zero-order chi connectivity index (χ0) is 12.0. The summed E-state index contributed by atoms with van der Waals surface area (Å²) in [6.45, 7) is 0. The van der Waals surface area contributed by atoms with Gasteiger partial charge < -0.3 is 4.74 Å². The Kier molecular flexibility index (Phi) is 2.80. The number of rotatable bonds is 2. The summed E-state index contributed by atoms with van der Waals surface area (Å²) in [6.07, 6.45) is 2.80. The number of ether oxygens (including phenoxy) is 1. The highest BCUT2D eigenvalue weighted by Gasteiger charge is 2.48. The number of fused-ring (bicyclic) bond motifs is 2. The molecule has 1 aromatic rings. The lowest BCUT2D eigenvalue weighted by atomic mass is 9.96. The maximum atomic E-state index is 12.0. The van der Waals surface area contributed by atoms with Gasteiger partial charge in [-0.25, -0.2) is 0 Å². The maximum absolute atomic E-state index is 12.0. The van der Waals surface area contributed by atoms with Crippen LogP contribution in [0.2, 0.25) is 10.0 Å². The Labute approximate surface area is 110 Å². The fourth-order valence-corrected chi connectivity index (χ4v) is 3.33. The van der Waals surface area contributed by atoms with Crippen molar-refractivity contribution in [3.8, 4) is 5.75 Å². The highest BCUT2D eigenvalue weighted by atomic mass is 35.5. The van der Waals surface area contributed by atoms with Crippen LogP contribution in [0.5, 0.6) is 5.75 Å². The van der Waals surface area contributed by atoms with E-state index >= 15 is 0 Å². The summed E-state index contributed by atoms with van der Waals surface area (Å²) in [6, 6.07) is 5.08. The largest absolute Gasteiger partial charge is 0.481 e. The van der Waals surface area contributed by atoms with Crippen LogP contribution >= 0.6 is 23.2 Å². The van der Waals surface area contributed by atoms with Gasteiger partial charge in [0.25, 0.3) is 0 Å². The Morgan fingerprint density at radius 1 is 1.24 bits per heavy atom. The van der Waals surface area contributed by atoms with Gasteiger partial charge in [0, 0.05) is 16.9 Å². The van der Waals surface area contributed by atoms with Gasteiger partial charge in [-0.2, -0.15) is 0 Å². The second kappa shape index (κ2) is 4.18. The van der Waals surface area contributed by atoms with E-state index in [1.807, 2.05) is 0 Å². The second-order valence-electron chi connectivity index (χ2n) is 4.79. The predicted molar refractivity (Wildman–Crippen MR) is 66.7 cm³/mol. The molecular formula is C13H12Cl2O2. The van der Waals surface area contributed by atoms with Crippen molar-refractivity contribution in [3.63, 3.8) is 0 Å². The van der Waals surface area contributed by atoms with E-state index in [4.69, 9.17) is 27.9 Å². The lowest BCUT2D eigenvalue weighted by molar-refractivity contribution is -0.128. The van der Waals surface area contributed by atoms with Gasteiger partial charge in [0.2, 0.25) is 0 Å². The molecule has 3 unspecified atom stereocenters. The molecule has 90 valence electrons. The first-order valence-electron chi connectivity index (χ1n) is 5.80. The highest BCUT2D eigenvalue weighted by molar-refractivity contribution is 6.35. The van der Waals surface area contributed by atoms with Crippen LogP contribution in [-0.2, 0) is 4.79 Å². The zero-order valence-corrected chi connectivity index (χ0v) is 10.7. The Hall–Kier alpha value is -0.730. The molecule has 4 heteroatoms. The van der Waals surface area contributed by atoms with E-state index in [0.717, 1.165) is 19.3 Å². The number of Topliss-reactive ketones (excluding diaryl/α,β-unsaturated/α-hetero) is 1. The van der Waals surface area contributed by atoms with E-state index in [-0.39, 0.29) is 17.8 Å². The summed E-state index contributed by atoms with van der Waals surface area (Å²) in [5, 5.41) is 1.04. The summed E-state index contributed by atoms with van der Waals surface area (Å²) in [7, 11) is 0. The van der Waals surface area contributed by atoms with Gasteiger partial charge in [0.05, 0.1) is 5.02 Å². The Bertz CT molecular complexity index is 472. The minimum absolute atomic E-state index is 0.219. The molecule has 1 aromatic carbocycles. The van der Waals surface area contributed by atoms with Gasteiger partial charge in [0.1, 0.15) is 5.75 Å². The first kappa shape index (κ1) is 11.4. The number of benzene rings is 1. The number of carbonyl (C=O) groups is 1. The molecule has 2 aliphatic rings. The number of carbonyl (C=O) groups excluding carboxylic acids is 1. The van der Waals surface area contributed by atoms with Crippen molar-refractivity contribution in [2.45, 2.75) is 25.4 Å². The molecule has 0 aromatic heterocycles. The minimum Gasteiger partial charge on any atom is -0.481 e. The summed E-state index contributed by atoms with van der Waals surface area (Å²) in [5.41, 5.74) is 0. The van der Waals surface area contributed by atoms with Crippen LogP contribution in [-0.4, -0.2) is 11.9 Å². The van der Waals surface area contributed by atoms with Gasteiger partial charge in [0.15, 0.2) is 11.9 Å². The first-order valence-corrected chi connectivity index (χ1v) is 6.56. The normalized spacial score (nSPS) is 30.9. The fourth-order valence-electron chi connectivity index (χ4n) is 2.88. The van der Waals surface area contributed by atoms with Crippen molar-refractivity contribution in [3.05, 3.63) is 28.2 Å². The van der Waals surface area contributed by atoms with Crippen LogP contribution in [0.1, 0.15) is 19.3 Å². The van der Waals surface area contributed by atoms with Crippen LogP contribution in [0.3, 0.4) is 0 Å². The SMILES string of the molecule is O=C1C2CCC(C2)C1Oc1ccc(Cl)cc1Cl. The van der Waals surface area contributed by atoms with Gasteiger partial charge in [-0.15, -0.1) is 0 Å². The third-order valence-electron chi connectivity index (χ3n) is 3.73. The molecule has 2 bridgehead atoms. The topological polar surface area (TPSA) is 26.3 Å². The van der Waals surface area contributed by atoms with E-state index in [9.17, 15) is 4.79 Å². The van der Waals surface area contributed by atoms with Crippen molar-refractivity contribution < 1.29 is 9.53 Å². The molecule has 0 radical (unpaired) electrons. The number of ketones is 1. The van der Waals surface area contributed by atoms with Crippen LogP contribution in [0.15, 0.2) is 18.2 Å². The van der Waals surface area contributed by atoms with Gasteiger partial charge >= 0.3 is 0 Å². The van der Waals surface area contributed by atoms with Crippen molar-refractivity contribution >= 4 is 29.0 Å². The summed E-state index contributed by atoms with van der Waals surface area (Å²) in [5.74, 6) is 1.39. The molecule has 2 saturated carbocycles. The Balaban J connectivity index is 1.81. The van der Waals surface area contributed by atoms with Crippen molar-refractivity contribution in [1.82, 2.24) is 0 Å². The standard InChI is InChI=1S/C13H12Cl2O2/c14-9-3-4-11(10(15)6-9)17-13-8-2-1-7(5-8)12(13)16/h3-4,6-8,13H,1-2,5H2. The van der Waals surface area contributed by atoms with Crippen molar-refractivity contribution in [1.29, 1.82) is 0 Å². The number of halogens is 2. The van der Waals surface area contributed by atoms with E-state index < -0.39 is 0 Å². The van der Waals surface area contributed by atoms with Gasteiger partial charge in [-0.05, 0) is 37.5 Å². The van der Waals surface area contributed by atoms with Crippen LogP contribution in [0.4, 0.5) is 0 Å². The Morgan fingerprint density at radius 3 is 2.71 bits per heavy atom. The number of hydrogen-bond acceptors (Lipinski definition) is 2. The molecule has 3 rings (SSSR count). The summed E-state index contributed by atoms with van der Waals surface area (Å²) < 4.78 is 5.77. The van der Waals surface area contributed by atoms with Crippen LogP contribution < -0.4 is 4.74 Å². The van der Waals surface area contributed by atoms with Gasteiger partial charge in [-0.1, -0.05) is 23.2 Å². The molecule has 2 nitrogen and oxygen atoms in total. The molecule has 17 heavy (non-hydrogen) atoms. The summed E-state index contributed by atoms with van der Waals surface area (Å²) in [4.78, 5) is 12.0. The van der Waals surface area contributed by atoms with Gasteiger partial charge in [-0.3, -0.25) is 4.79 Å². The minimum atomic E-state index is -0.299. The molecule has 3 atom stereocenters. The Morgan fingerprint density at radius 2 is 2.06 bits per heavy atom. The molecule has 0 heterocycles. The molecule has 2 aliphatic carbocycles. The van der Waals surface area contributed by atoms with E-state index in [2.05, 4.69) is 0 Å². The molecule has 0 aliphatic heterocycles. The average molecular weight is 271 g/mol. The highest BCUT2D eigenvalue weighted by Crippen LogP contribution is 2.44. The monoisotopic (exact) mass is 270 g/mol. The van der Waals surface area contributed by atoms with E-state index in [1.165, 1.54) is 0 Å². The fraction of sp³-hybridized carbons (Fsp3) is 0.462. The average Bonchev–Trinajstić information content (AvgIpc) is 2.85. The van der Waals surface area contributed by atoms with Crippen LogP contribution in [0.25, 0.3) is 0 Å². The maximum Gasteiger partial charge on any atom is 0.176 e. The molecule has 2 fully saturated rings. The molecular weight excluding hydrogens is 259 g/mol. The lowest BCUT2D eigenvalue weighted by Gasteiger charge is -2.22. The predicted octanol–water partition coefficient (Wildman–Crippen LogP) is 3.74. The van der Waals surface area contributed by atoms with Crippen molar-refractivity contribution in [2.75, 3.05) is 0 Å². The smallest absolute Gasteiger partial charge is 0.176 e. The number of hydrogen-bond donors (Lipinski definition) is 0. The van der Waals surface area contributed by atoms with E-state index in [1.54, 1.807) is 18.2 Å². The third kappa shape index (κ3) is 1.94.